The topological polar surface area (TPSA) is 213 Å². The zero-order valence-electron chi connectivity index (χ0n) is 35.3. The Bertz CT molecular complexity index is 2470. The maximum absolute atomic E-state index is 14.6. The number of ketones is 1. The lowest BCUT2D eigenvalue weighted by Gasteiger charge is -2.35. The minimum absolute atomic E-state index is 0.0203. The van der Waals surface area contributed by atoms with E-state index in [1.807, 2.05) is 13.8 Å². The molecule has 0 fully saturated rings. The Labute approximate surface area is 347 Å². The highest BCUT2D eigenvalue weighted by Crippen LogP contribution is 2.50. The normalized spacial score (nSPS) is 28.6. The number of hydrogen-bond donors (Lipinski definition) is 4. The Morgan fingerprint density at radius 2 is 1.75 bits per heavy atom. The number of Topliss-reactive ketones (excluding diaryl/α,β-unsaturated/α-hetero) is 1. The van der Waals surface area contributed by atoms with Gasteiger partial charge in [-0.15, -0.1) is 0 Å². The van der Waals surface area contributed by atoms with Gasteiger partial charge >= 0.3 is 11.8 Å². The van der Waals surface area contributed by atoms with Gasteiger partial charge < -0.3 is 48.7 Å². The number of nitrogens with one attached hydrogen (secondary N) is 1. The number of aliphatic hydroxyl groups excluding tert-OH is 2. The number of benzene rings is 3. The van der Waals surface area contributed by atoms with Gasteiger partial charge in [0.2, 0.25) is 5.43 Å². The smallest absolute Gasteiger partial charge is 0.312 e. The van der Waals surface area contributed by atoms with Crippen LogP contribution >= 0.6 is 0 Å². The molecule has 0 saturated carbocycles. The molecule has 0 radical (unpaired) electrons. The zero-order chi connectivity index (χ0) is 44.0. The Morgan fingerprint density at radius 1 is 1.03 bits per heavy atom. The standard InChI is InChI=1S/C45H52N2O13/c1-20(2)57-27-14-15-28-32(18-27)59-42-36(46-28)33-34-38(51)25(7)41-35(33)43(53)45(9,60-41)56-17-16-31(55-10)24(6)40(58-26(8)48)23(5)30(50)19-29(49)21(3)12-11-13-22(4)44(54)47-37(42)39(34)52/h11-18,20-21,23-24,29-31,40,49-51H,19H2,1-10H3,(H,47,54)/b12-11+,17-16+,22-13-/t21-,23+,24+,29+,30+,31-,40-,45-/m0/s1. The molecule has 3 heterocycles. The van der Waals surface area contributed by atoms with Crippen LogP contribution in [-0.4, -0.2) is 81.4 Å². The number of nitrogens with zero attached hydrogens (tertiary/aromatic N) is 1. The van der Waals surface area contributed by atoms with Gasteiger partial charge in [0.1, 0.15) is 40.3 Å². The molecule has 0 saturated heterocycles. The van der Waals surface area contributed by atoms with Gasteiger partial charge in [-0.05, 0) is 45.9 Å². The Morgan fingerprint density at radius 3 is 2.42 bits per heavy atom. The first-order chi connectivity index (χ1) is 28.3. The lowest BCUT2D eigenvalue weighted by Crippen LogP contribution is -2.43. The Hall–Kier alpha value is -5.77. The molecule has 1 aliphatic carbocycles. The number of ether oxygens (including phenoxy) is 5. The van der Waals surface area contributed by atoms with Crippen molar-refractivity contribution in [2.45, 2.75) is 105 Å². The molecule has 0 unspecified atom stereocenters. The van der Waals surface area contributed by atoms with E-state index in [9.17, 15) is 34.5 Å². The molecule has 8 atom stereocenters. The van der Waals surface area contributed by atoms with Crippen molar-refractivity contribution >= 4 is 45.2 Å². The van der Waals surface area contributed by atoms with Gasteiger partial charge in [0.25, 0.3) is 11.7 Å². The monoisotopic (exact) mass is 828 g/mol. The highest BCUT2D eigenvalue weighted by atomic mass is 16.7. The van der Waals surface area contributed by atoms with E-state index in [1.54, 1.807) is 51.1 Å². The van der Waals surface area contributed by atoms with Crippen molar-refractivity contribution in [3.8, 4) is 28.7 Å². The summed E-state index contributed by atoms with van der Waals surface area (Å²) in [6.45, 7) is 14.6. The van der Waals surface area contributed by atoms with Gasteiger partial charge in [-0.2, -0.15) is 0 Å². The second-order valence-electron chi connectivity index (χ2n) is 16.1. The van der Waals surface area contributed by atoms with Crippen LogP contribution in [0.2, 0.25) is 0 Å². The molecule has 0 spiro atoms. The summed E-state index contributed by atoms with van der Waals surface area (Å²) in [5.41, 5.74) is -0.554. The Balaban J connectivity index is 1.58. The second kappa shape index (κ2) is 17.1. The molecule has 4 aliphatic rings. The van der Waals surface area contributed by atoms with Gasteiger partial charge in [-0.25, -0.2) is 4.98 Å². The summed E-state index contributed by atoms with van der Waals surface area (Å²) in [6.07, 6.45) is 3.41. The first-order valence-electron chi connectivity index (χ1n) is 19.8. The van der Waals surface area contributed by atoms with Crippen LogP contribution in [0.3, 0.4) is 0 Å². The van der Waals surface area contributed by atoms with Crippen LogP contribution in [0.4, 0.5) is 5.69 Å². The number of rotatable bonds is 4. The van der Waals surface area contributed by atoms with E-state index in [4.69, 9.17) is 33.1 Å². The number of carbonyl (C=O) groups is 3. The van der Waals surface area contributed by atoms with Gasteiger partial charge in [-0.1, -0.05) is 39.0 Å². The molecule has 6 rings (SSSR count). The van der Waals surface area contributed by atoms with Crippen molar-refractivity contribution in [1.82, 2.24) is 4.98 Å². The number of aliphatic hydroxyl groups is 2. The van der Waals surface area contributed by atoms with Crippen LogP contribution in [0.1, 0.15) is 77.7 Å². The van der Waals surface area contributed by atoms with Crippen molar-refractivity contribution in [3.05, 3.63) is 75.7 Å². The van der Waals surface area contributed by atoms with Crippen LogP contribution < -0.4 is 20.2 Å². The summed E-state index contributed by atoms with van der Waals surface area (Å²) in [5.74, 6) is -6.02. The molecule has 3 aliphatic heterocycles. The number of fused-ring (bicyclic) bond motifs is 2. The summed E-state index contributed by atoms with van der Waals surface area (Å²) in [4.78, 5) is 60.2. The van der Waals surface area contributed by atoms with E-state index in [2.05, 4.69) is 5.32 Å². The highest BCUT2D eigenvalue weighted by Gasteiger charge is 2.50. The molecular formula is C45H52N2O13. The van der Waals surface area contributed by atoms with Crippen molar-refractivity contribution < 1.29 is 57.8 Å². The first-order valence-corrected chi connectivity index (χ1v) is 19.8. The van der Waals surface area contributed by atoms with E-state index in [0.717, 1.165) is 0 Å². The third-order valence-corrected chi connectivity index (χ3v) is 11.2. The summed E-state index contributed by atoms with van der Waals surface area (Å²) in [7, 11) is 1.44. The van der Waals surface area contributed by atoms with Crippen molar-refractivity contribution in [1.29, 1.82) is 0 Å². The molecule has 0 aromatic heterocycles. The molecule has 15 nitrogen and oxygen atoms in total. The van der Waals surface area contributed by atoms with E-state index in [-0.39, 0.29) is 68.5 Å². The Kier molecular flexibility index (Phi) is 12.5. The summed E-state index contributed by atoms with van der Waals surface area (Å²) >= 11 is 0. The molecule has 2 aromatic carbocycles. The number of esters is 1. The fourth-order valence-electron chi connectivity index (χ4n) is 7.69. The fourth-order valence-corrected chi connectivity index (χ4v) is 7.69. The van der Waals surface area contributed by atoms with E-state index >= 15 is 0 Å². The van der Waals surface area contributed by atoms with Crippen LogP contribution in [0.15, 0.2) is 63.6 Å². The third-order valence-electron chi connectivity index (χ3n) is 11.2. The molecule has 60 heavy (non-hydrogen) atoms. The van der Waals surface area contributed by atoms with E-state index in [0.29, 0.717) is 11.3 Å². The number of methoxy groups -OCH3 is 1. The molecule has 15 heteroatoms. The number of aromatic nitrogens is 1. The van der Waals surface area contributed by atoms with Crippen LogP contribution in [-0.2, 0) is 23.8 Å². The van der Waals surface area contributed by atoms with Crippen LogP contribution in [0, 0.1) is 24.7 Å². The third kappa shape index (κ3) is 8.21. The molecule has 4 N–H and O–H groups in total. The summed E-state index contributed by atoms with van der Waals surface area (Å²) < 4.78 is 35.9. The zero-order valence-corrected chi connectivity index (χ0v) is 35.3. The lowest BCUT2D eigenvalue weighted by atomic mass is 9.83. The number of hydrogen-bond acceptors (Lipinski definition) is 14. The summed E-state index contributed by atoms with van der Waals surface area (Å²) in [5, 5.41) is 36.4. The molecule has 2 aromatic rings. The van der Waals surface area contributed by atoms with Gasteiger partial charge in [0.05, 0.1) is 41.6 Å². The minimum atomic E-state index is -2.03. The van der Waals surface area contributed by atoms with Gasteiger partial charge in [0.15, 0.2) is 11.3 Å². The molecular weight excluding hydrogens is 776 g/mol. The van der Waals surface area contributed by atoms with Crippen molar-refractivity contribution in [2.24, 2.45) is 17.8 Å². The predicted molar refractivity (Wildman–Crippen MR) is 222 cm³/mol. The first kappa shape index (κ1) is 43.8. The van der Waals surface area contributed by atoms with Crippen LogP contribution in [0.5, 0.6) is 17.2 Å². The number of phenolic OH excluding ortho intramolecular Hbond substituents is 1. The van der Waals surface area contributed by atoms with E-state index < -0.39 is 76.8 Å². The number of aromatic hydroxyl groups is 1. The summed E-state index contributed by atoms with van der Waals surface area (Å²) in [6, 6.07) is 4.93. The van der Waals surface area contributed by atoms with Gasteiger partial charge in [0, 0.05) is 67.7 Å². The SMILES string of the molecule is CO[C@H]1/C=C/O[C@@]2(C)Oc3c(C)c(O)c4c(=O)c(c5oc6cc(OC(C)C)ccc6nc-5c4c3C2=O)NC(=O)/C(C)=C\C=C\[C@H](C)[C@H](O)C[C@@H](O)[C@@H](C)[C@H](OC(C)=O)[C@@H]1C. The van der Waals surface area contributed by atoms with Crippen molar-refractivity contribution in [2.75, 3.05) is 12.4 Å². The maximum atomic E-state index is 14.6. The lowest BCUT2D eigenvalue weighted by molar-refractivity contribution is -0.158. The van der Waals surface area contributed by atoms with Crippen molar-refractivity contribution in [3.63, 3.8) is 0 Å². The second-order valence-corrected chi connectivity index (χ2v) is 16.1. The number of amides is 1. The van der Waals surface area contributed by atoms with Crippen LogP contribution in [0.25, 0.3) is 33.3 Å². The maximum Gasteiger partial charge on any atom is 0.312 e. The van der Waals surface area contributed by atoms with Gasteiger partial charge in [-0.3, -0.25) is 19.2 Å². The predicted octanol–water partition coefficient (Wildman–Crippen LogP) is 6.49. The molecule has 4 bridgehead atoms. The number of carbonyl (C=O) groups excluding carboxylic acids is 3. The van der Waals surface area contributed by atoms with E-state index in [1.165, 1.54) is 53.2 Å². The molecule has 320 valence electrons. The number of phenols is 1. The number of allylic oxidation sites excluding steroid dienone is 2. The highest BCUT2D eigenvalue weighted by molar-refractivity contribution is 6.22. The molecule has 1 amide bonds. The fraction of sp³-hybridized carbons (Fsp3) is 0.444. The largest absolute Gasteiger partial charge is 0.507 e. The minimum Gasteiger partial charge on any atom is -0.507 e. The quantitative estimate of drug-likeness (QED) is 0.0984. The average Bonchev–Trinajstić information content (AvgIpc) is 3.45. The number of anilines is 1. The average molecular weight is 829 g/mol.